The number of amides is 1. The largest absolute Gasteiger partial charge is 0.484 e. The first-order valence-corrected chi connectivity index (χ1v) is 10.0. The van der Waals surface area contributed by atoms with Gasteiger partial charge < -0.3 is 14.5 Å². The average Bonchev–Trinajstić information content (AvgIpc) is 3.09. The number of nitrogens with one attached hydrogen (secondary N) is 1. The number of para-hydroxylation sites is 1. The van der Waals surface area contributed by atoms with E-state index in [0.717, 1.165) is 17.7 Å². The Balaban J connectivity index is 1.43. The molecule has 1 fully saturated rings. The van der Waals surface area contributed by atoms with Crippen LogP contribution in [0.5, 0.6) is 5.75 Å². The van der Waals surface area contributed by atoms with E-state index in [4.69, 9.17) is 9.15 Å². The number of aryl methyl sites for hydroxylation is 1. The van der Waals surface area contributed by atoms with Crippen molar-refractivity contribution in [3.8, 4) is 5.75 Å². The van der Waals surface area contributed by atoms with Gasteiger partial charge in [0.15, 0.2) is 6.61 Å². The lowest BCUT2D eigenvalue weighted by molar-refractivity contribution is -0.119. The highest BCUT2D eigenvalue weighted by Gasteiger charge is 2.23. The lowest BCUT2D eigenvalue weighted by Crippen LogP contribution is -2.41. The summed E-state index contributed by atoms with van der Waals surface area (Å²) in [6.07, 6.45) is 4.71. The van der Waals surface area contributed by atoms with Gasteiger partial charge in [-0.25, -0.2) is 0 Å². The Labute approximate surface area is 158 Å². The third-order valence-corrected chi connectivity index (χ3v) is 5.50. The second-order valence-electron chi connectivity index (χ2n) is 6.74. The lowest BCUT2D eigenvalue weighted by atomic mass is 9.86. The molecule has 2 aromatic rings. The molecule has 1 N–H and O–H groups in total. The summed E-state index contributed by atoms with van der Waals surface area (Å²) in [5.74, 6) is 2.04. The molecule has 0 spiro atoms. The molecule has 26 heavy (non-hydrogen) atoms. The quantitative estimate of drug-likeness (QED) is 0.743. The van der Waals surface area contributed by atoms with Crippen molar-refractivity contribution < 1.29 is 13.9 Å². The van der Waals surface area contributed by atoms with Crippen LogP contribution in [0.4, 0.5) is 0 Å². The Bertz CT molecular complexity index is 734. The van der Waals surface area contributed by atoms with Crippen LogP contribution in [0.25, 0.3) is 0 Å². The Morgan fingerprint density at radius 1 is 1.31 bits per heavy atom. The van der Waals surface area contributed by atoms with Gasteiger partial charge >= 0.3 is 0 Å². The highest BCUT2D eigenvalue weighted by atomic mass is 32.2. The van der Waals surface area contributed by atoms with Gasteiger partial charge in [-0.3, -0.25) is 4.79 Å². The molecule has 7 heteroatoms. The van der Waals surface area contributed by atoms with Crippen LogP contribution in [0.1, 0.15) is 44.1 Å². The minimum absolute atomic E-state index is 0.0182. The molecule has 2 atom stereocenters. The van der Waals surface area contributed by atoms with Gasteiger partial charge in [0.05, 0.1) is 5.75 Å². The van der Waals surface area contributed by atoms with Gasteiger partial charge in [0.25, 0.3) is 11.1 Å². The van der Waals surface area contributed by atoms with Crippen LogP contribution in [-0.2, 0) is 11.4 Å². The van der Waals surface area contributed by atoms with Crippen LogP contribution in [0.15, 0.2) is 33.9 Å². The van der Waals surface area contributed by atoms with Crippen LogP contribution in [0.2, 0.25) is 0 Å². The summed E-state index contributed by atoms with van der Waals surface area (Å²) in [7, 11) is 0. The summed E-state index contributed by atoms with van der Waals surface area (Å²) in [6, 6.07) is 8.05. The van der Waals surface area contributed by atoms with Crippen LogP contribution in [0.3, 0.4) is 0 Å². The van der Waals surface area contributed by atoms with E-state index >= 15 is 0 Å². The predicted octanol–water partition coefficient (Wildman–Crippen LogP) is 3.74. The molecule has 0 bridgehead atoms. The molecule has 6 nitrogen and oxygen atoms in total. The smallest absolute Gasteiger partial charge is 0.277 e. The van der Waals surface area contributed by atoms with E-state index in [0.29, 0.717) is 17.0 Å². The summed E-state index contributed by atoms with van der Waals surface area (Å²) in [5, 5.41) is 11.5. The number of hydrogen-bond acceptors (Lipinski definition) is 6. The lowest BCUT2D eigenvalue weighted by Gasteiger charge is -2.29. The maximum atomic E-state index is 12.1. The minimum atomic E-state index is 0.0182. The average molecular weight is 375 g/mol. The molecular weight excluding hydrogens is 350 g/mol. The van der Waals surface area contributed by atoms with Crippen molar-refractivity contribution in [2.24, 2.45) is 5.92 Å². The molecule has 0 unspecified atom stereocenters. The van der Waals surface area contributed by atoms with Gasteiger partial charge in [-0.15, -0.1) is 10.2 Å². The van der Waals surface area contributed by atoms with E-state index in [-0.39, 0.29) is 24.3 Å². The fourth-order valence-corrected chi connectivity index (χ4v) is 3.71. The van der Waals surface area contributed by atoms with Crippen molar-refractivity contribution in [2.75, 3.05) is 5.75 Å². The Hall–Kier alpha value is -2.02. The van der Waals surface area contributed by atoms with Gasteiger partial charge in [-0.2, -0.15) is 0 Å². The van der Waals surface area contributed by atoms with Gasteiger partial charge in [0.2, 0.25) is 5.91 Å². The number of hydrogen-bond donors (Lipinski definition) is 1. The number of carbonyl (C=O) groups excluding carboxylic acids is 1. The summed E-state index contributed by atoms with van der Waals surface area (Å²) < 4.78 is 11.2. The highest BCUT2D eigenvalue weighted by molar-refractivity contribution is 7.99. The van der Waals surface area contributed by atoms with Crippen LogP contribution >= 0.6 is 11.8 Å². The molecular formula is C19H25N3O3S. The second-order valence-corrected chi connectivity index (χ2v) is 7.67. The van der Waals surface area contributed by atoms with E-state index in [1.807, 2.05) is 31.2 Å². The number of nitrogens with zero attached hydrogens (tertiary/aromatic N) is 2. The molecule has 1 aromatic heterocycles. The second kappa shape index (κ2) is 9.07. The Morgan fingerprint density at radius 3 is 2.92 bits per heavy atom. The molecule has 1 aliphatic rings. The van der Waals surface area contributed by atoms with E-state index in [2.05, 4.69) is 22.4 Å². The van der Waals surface area contributed by atoms with Gasteiger partial charge in [-0.05, 0) is 37.3 Å². The van der Waals surface area contributed by atoms with Crippen molar-refractivity contribution >= 4 is 17.7 Å². The monoisotopic (exact) mass is 375 g/mol. The summed E-state index contributed by atoms with van der Waals surface area (Å²) in [4.78, 5) is 12.1. The zero-order chi connectivity index (χ0) is 18.4. The number of aromatic nitrogens is 2. The zero-order valence-electron chi connectivity index (χ0n) is 15.2. The first-order valence-electron chi connectivity index (χ1n) is 9.05. The topological polar surface area (TPSA) is 77.2 Å². The highest BCUT2D eigenvalue weighted by Crippen LogP contribution is 2.24. The van der Waals surface area contributed by atoms with Crippen molar-refractivity contribution in [1.82, 2.24) is 15.5 Å². The van der Waals surface area contributed by atoms with Crippen molar-refractivity contribution in [1.29, 1.82) is 0 Å². The number of rotatable bonds is 7. The third kappa shape index (κ3) is 5.24. The standard InChI is InChI=1S/C19H25N3O3S/c1-13-7-3-5-9-15(13)20-17(23)12-26-19-22-21-18(25-19)11-24-16-10-6-4-8-14(16)2/h4,6,8,10,13,15H,3,5,7,9,11-12H2,1-2H3,(H,20,23)/t13-,15-/m1/s1. The Kier molecular flexibility index (Phi) is 6.55. The van der Waals surface area contributed by atoms with Gasteiger partial charge in [-0.1, -0.05) is 49.7 Å². The number of carbonyl (C=O) groups is 1. The molecule has 0 aliphatic heterocycles. The maximum Gasteiger partial charge on any atom is 0.277 e. The van der Waals surface area contributed by atoms with Crippen LogP contribution in [0, 0.1) is 12.8 Å². The SMILES string of the molecule is Cc1ccccc1OCc1nnc(SCC(=O)N[C@@H]2CCCC[C@H]2C)o1. The molecule has 1 amide bonds. The number of benzene rings is 1. The molecule has 140 valence electrons. The first kappa shape index (κ1) is 18.8. The fraction of sp³-hybridized carbons (Fsp3) is 0.526. The number of ether oxygens (including phenoxy) is 1. The molecule has 1 heterocycles. The minimum Gasteiger partial charge on any atom is -0.484 e. The van der Waals surface area contributed by atoms with Gasteiger partial charge in [0.1, 0.15) is 5.75 Å². The molecule has 1 aliphatic carbocycles. The molecule has 0 radical (unpaired) electrons. The molecule has 0 saturated heterocycles. The zero-order valence-corrected chi connectivity index (χ0v) is 16.1. The summed E-state index contributed by atoms with van der Waals surface area (Å²) in [6.45, 7) is 4.40. The van der Waals surface area contributed by atoms with Crippen LogP contribution in [-0.4, -0.2) is 27.9 Å². The maximum absolute atomic E-state index is 12.1. The molecule has 3 rings (SSSR count). The molecule has 1 saturated carbocycles. The van der Waals surface area contributed by atoms with Crippen molar-refractivity contribution in [3.05, 3.63) is 35.7 Å². The van der Waals surface area contributed by atoms with E-state index in [1.165, 1.54) is 31.0 Å². The summed E-state index contributed by atoms with van der Waals surface area (Å²) >= 11 is 1.26. The van der Waals surface area contributed by atoms with E-state index in [9.17, 15) is 4.79 Å². The third-order valence-electron chi connectivity index (χ3n) is 4.68. The number of thioether (sulfide) groups is 1. The van der Waals surface area contributed by atoms with Crippen LogP contribution < -0.4 is 10.1 Å². The fourth-order valence-electron chi connectivity index (χ4n) is 3.12. The Morgan fingerprint density at radius 2 is 2.12 bits per heavy atom. The van der Waals surface area contributed by atoms with E-state index in [1.54, 1.807) is 0 Å². The van der Waals surface area contributed by atoms with E-state index < -0.39 is 0 Å². The van der Waals surface area contributed by atoms with Crippen molar-refractivity contribution in [2.45, 2.75) is 57.4 Å². The summed E-state index contributed by atoms with van der Waals surface area (Å²) in [5.41, 5.74) is 1.05. The predicted molar refractivity (Wildman–Crippen MR) is 100 cm³/mol. The van der Waals surface area contributed by atoms with Crippen molar-refractivity contribution in [3.63, 3.8) is 0 Å². The van der Waals surface area contributed by atoms with Gasteiger partial charge in [0, 0.05) is 6.04 Å². The molecule has 1 aromatic carbocycles. The first-order chi connectivity index (χ1) is 12.6. The normalized spacial score (nSPS) is 19.9.